The van der Waals surface area contributed by atoms with Gasteiger partial charge in [-0.1, -0.05) is 34.1 Å². The number of halogens is 1. The van der Waals surface area contributed by atoms with E-state index in [4.69, 9.17) is 0 Å². The number of hydrogen-bond acceptors (Lipinski definition) is 2. The maximum absolute atomic E-state index is 12.5. The van der Waals surface area contributed by atoms with Gasteiger partial charge in [0.2, 0.25) is 0 Å². The molecule has 1 heterocycles. The SMILES string of the molecule is O=C(Nc1ccccc1)N1CCN(C(=O)c2ccc(Br)cc2)CC1. The van der Waals surface area contributed by atoms with Gasteiger partial charge in [-0.2, -0.15) is 0 Å². The first kappa shape index (κ1) is 16.5. The Morgan fingerprint density at radius 3 is 2.04 bits per heavy atom. The third kappa shape index (κ3) is 3.94. The molecule has 1 aliphatic heterocycles. The maximum Gasteiger partial charge on any atom is 0.321 e. The Bertz CT molecular complexity index is 711. The summed E-state index contributed by atoms with van der Waals surface area (Å²) in [6, 6.07) is 16.6. The molecule has 24 heavy (non-hydrogen) atoms. The second kappa shape index (κ2) is 7.49. The first-order chi connectivity index (χ1) is 11.6. The maximum atomic E-state index is 12.5. The number of piperazine rings is 1. The predicted octanol–water partition coefficient (Wildman–Crippen LogP) is 3.44. The average Bonchev–Trinajstić information content (AvgIpc) is 2.63. The number of para-hydroxylation sites is 1. The molecule has 5 nitrogen and oxygen atoms in total. The summed E-state index contributed by atoms with van der Waals surface area (Å²) >= 11 is 3.37. The number of urea groups is 1. The fourth-order valence-corrected chi connectivity index (χ4v) is 2.88. The van der Waals surface area contributed by atoms with Crippen molar-refractivity contribution in [1.82, 2.24) is 9.80 Å². The molecule has 3 amide bonds. The number of hydrogen-bond donors (Lipinski definition) is 1. The Labute approximate surface area is 149 Å². The highest BCUT2D eigenvalue weighted by molar-refractivity contribution is 9.10. The van der Waals surface area contributed by atoms with Crippen LogP contribution in [0, 0.1) is 0 Å². The summed E-state index contributed by atoms with van der Waals surface area (Å²) in [7, 11) is 0. The molecule has 0 saturated carbocycles. The van der Waals surface area contributed by atoms with Crippen molar-refractivity contribution < 1.29 is 9.59 Å². The number of nitrogens with zero attached hydrogens (tertiary/aromatic N) is 2. The molecule has 0 aliphatic carbocycles. The largest absolute Gasteiger partial charge is 0.335 e. The summed E-state index contributed by atoms with van der Waals surface area (Å²) < 4.78 is 0.946. The van der Waals surface area contributed by atoms with E-state index < -0.39 is 0 Å². The van der Waals surface area contributed by atoms with E-state index >= 15 is 0 Å². The third-order valence-electron chi connectivity index (χ3n) is 3.97. The second-order valence-corrected chi connectivity index (χ2v) is 6.50. The third-order valence-corrected chi connectivity index (χ3v) is 4.50. The number of anilines is 1. The average molecular weight is 388 g/mol. The topological polar surface area (TPSA) is 52.7 Å². The van der Waals surface area contributed by atoms with Gasteiger partial charge in [-0.3, -0.25) is 4.79 Å². The summed E-state index contributed by atoms with van der Waals surface area (Å²) in [6.07, 6.45) is 0. The molecule has 1 aliphatic rings. The van der Waals surface area contributed by atoms with Gasteiger partial charge < -0.3 is 15.1 Å². The first-order valence-corrected chi connectivity index (χ1v) is 8.58. The molecule has 0 radical (unpaired) electrons. The lowest BCUT2D eigenvalue weighted by Crippen LogP contribution is -2.51. The number of carbonyl (C=O) groups is 2. The van der Waals surface area contributed by atoms with Crippen LogP contribution in [0.2, 0.25) is 0 Å². The molecule has 1 N–H and O–H groups in total. The van der Waals surface area contributed by atoms with Crippen LogP contribution in [-0.4, -0.2) is 47.9 Å². The van der Waals surface area contributed by atoms with Crippen LogP contribution < -0.4 is 5.32 Å². The van der Waals surface area contributed by atoms with Gasteiger partial charge in [0.1, 0.15) is 0 Å². The van der Waals surface area contributed by atoms with E-state index in [2.05, 4.69) is 21.2 Å². The van der Waals surface area contributed by atoms with Crippen LogP contribution in [0.4, 0.5) is 10.5 Å². The minimum absolute atomic E-state index is 0.00520. The van der Waals surface area contributed by atoms with Crippen LogP contribution in [0.1, 0.15) is 10.4 Å². The fraction of sp³-hybridized carbons (Fsp3) is 0.222. The molecule has 124 valence electrons. The van der Waals surface area contributed by atoms with E-state index in [9.17, 15) is 9.59 Å². The van der Waals surface area contributed by atoms with Crippen LogP contribution in [-0.2, 0) is 0 Å². The van der Waals surface area contributed by atoms with Crippen LogP contribution in [0.15, 0.2) is 59.1 Å². The van der Waals surface area contributed by atoms with Gasteiger partial charge >= 0.3 is 6.03 Å². The highest BCUT2D eigenvalue weighted by atomic mass is 79.9. The van der Waals surface area contributed by atoms with E-state index in [1.165, 1.54) is 0 Å². The van der Waals surface area contributed by atoms with Crippen molar-refractivity contribution in [3.05, 3.63) is 64.6 Å². The predicted molar refractivity (Wildman–Crippen MR) is 97.1 cm³/mol. The molecule has 0 bridgehead atoms. The normalized spacial score (nSPS) is 14.4. The Hall–Kier alpha value is -2.34. The van der Waals surface area contributed by atoms with Crippen molar-refractivity contribution in [2.75, 3.05) is 31.5 Å². The lowest BCUT2D eigenvalue weighted by atomic mass is 10.2. The molecule has 0 spiro atoms. The van der Waals surface area contributed by atoms with Crippen molar-refractivity contribution >= 4 is 33.6 Å². The zero-order valence-electron chi connectivity index (χ0n) is 13.1. The fourth-order valence-electron chi connectivity index (χ4n) is 2.61. The highest BCUT2D eigenvalue weighted by Crippen LogP contribution is 2.14. The minimum atomic E-state index is -0.128. The van der Waals surface area contributed by atoms with Gasteiger partial charge in [0.25, 0.3) is 5.91 Å². The summed E-state index contributed by atoms with van der Waals surface area (Å²) in [5.41, 5.74) is 1.44. The van der Waals surface area contributed by atoms with E-state index in [0.717, 1.165) is 10.2 Å². The van der Waals surface area contributed by atoms with Crippen molar-refractivity contribution in [3.8, 4) is 0 Å². The van der Waals surface area contributed by atoms with Gasteiger partial charge in [-0.25, -0.2) is 4.79 Å². The molecule has 0 atom stereocenters. The van der Waals surface area contributed by atoms with Crippen LogP contribution in [0.3, 0.4) is 0 Å². The number of nitrogens with one attached hydrogen (secondary N) is 1. The number of benzene rings is 2. The van der Waals surface area contributed by atoms with Crippen LogP contribution in [0.5, 0.6) is 0 Å². The van der Waals surface area contributed by atoms with Gasteiger partial charge in [0.05, 0.1) is 0 Å². The van der Waals surface area contributed by atoms with Crippen molar-refractivity contribution in [1.29, 1.82) is 0 Å². The molecule has 6 heteroatoms. The van der Waals surface area contributed by atoms with Gasteiger partial charge in [0.15, 0.2) is 0 Å². The monoisotopic (exact) mass is 387 g/mol. The summed E-state index contributed by atoms with van der Waals surface area (Å²) in [6.45, 7) is 2.14. The molecule has 2 aromatic carbocycles. The standard InChI is InChI=1S/C18H18BrN3O2/c19-15-8-6-14(7-9-15)17(23)21-10-12-22(13-11-21)18(24)20-16-4-2-1-3-5-16/h1-9H,10-13H2,(H,20,24). The molecule has 3 rings (SSSR count). The van der Waals surface area contributed by atoms with E-state index in [0.29, 0.717) is 31.7 Å². The van der Waals surface area contributed by atoms with Crippen LogP contribution in [0.25, 0.3) is 0 Å². The van der Waals surface area contributed by atoms with Crippen molar-refractivity contribution in [2.24, 2.45) is 0 Å². The number of amides is 3. The summed E-state index contributed by atoms with van der Waals surface area (Å²) in [5.74, 6) is 0.00520. The Morgan fingerprint density at radius 2 is 1.42 bits per heavy atom. The van der Waals surface area contributed by atoms with E-state index in [1.807, 2.05) is 42.5 Å². The van der Waals surface area contributed by atoms with E-state index in [-0.39, 0.29) is 11.9 Å². The van der Waals surface area contributed by atoms with Gasteiger partial charge in [-0.15, -0.1) is 0 Å². The Morgan fingerprint density at radius 1 is 0.833 bits per heavy atom. The number of carbonyl (C=O) groups excluding carboxylic acids is 2. The molecular formula is C18H18BrN3O2. The summed E-state index contributed by atoms with van der Waals surface area (Å²) in [4.78, 5) is 28.2. The molecule has 1 saturated heterocycles. The van der Waals surface area contributed by atoms with E-state index in [1.54, 1.807) is 21.9 Å². The van der Waals surface area contributed by atoms with Crippen molar-refractivity contribution in [2.45, 2.75) is 0 Å². The highest BCUT2D eigenvalue weighted by Gasteiger charge is 2.24. The quantitative estimate of drug-likeness (QED) is 0.857. The first-order valence-electron chi connectivity index (χ1n) is 7.79. The molecule has 2 aromatic rings. The molecule has 1 fully saturated rings. The van der Waals surface area contributed by atoms with Gasteiger partial charge in [-0.05, 0) is 36.4 Å². The molecular weight excluding hydrogens is 370 g/mol. The molecule has 0 unspecified atom stereocenters. The Balaban J connectivity index is 1.54. The second-order valence-electron chi connectivity index (χ2n) is 5.58. The summed E-state index contributed by atoms with van der Waals surface area (Å²) in [5, 5.41) is 2.87. The number of rotatable bonds is 2. The Kier molecular flexibility index (Phi) is 5.15. The molecule has 0 aromatic heterocycles. The van der Waals surface area contributed by atoms with Crippen LogP contribution >= 0.6 is 15.9 Å². The minimum Gasteiger partial charge on any atom is -0.335 e. The zero-order valence-corrected chi connectivity index (χ0v) is 14.7. The van der Waals surface area contributed by atoms with Crippen molar-refractivity contribution in [3.63, 3.8) is 0 Å². The van der Waals surface area contributed by atoms with Gasteiger partial charge in [0, 0.05) is 41.9 Å². The zero-order chi connectivity index (χ0) is 16.9. The lowest BCUT2D eigenvalue weighted by molar-refractivity contribution is 0.0671. The smallest absolute Gasteiger partial charge is 0.321 e. The lowest BCUT2D eigenvalue weighted by Gasteiger charge is -2.34.